The van der Waals surface area contributed by atoms with Crippen molar-refractivity contribution in [3.05, 3.63) is 36.7 Å². The van der Waals surface area contributed by atoms with Crippen LogP contribution in [0.25, 0.3) is 16.9 Å². The van der Waals surface area contributed by atoms with Gasteiger partial charge in [0.2, 0.25) is 0 Å². The van der Waals surface area contributed by atoms with Crippen molar-refractivity contribution in [3.63, 3.8) is 0 Å². The average molecular weight is 354 g/mol. The van der Waals surface area contributed by atoms with Gasteiger partial charge in [0, 0.05) is 37.8 Å². The average Bonchev–Trinajstić information content (AvgIpc) is 3.31. The van der Waals surface area contributed by atoms with Crippen molar-refractivity contribution in [1.82, 2.24) is 29.0 Å². The molecule has 0 bridgehead atoms. The van der Waals surface area contributed by atoms with Crippen LogP contribution in [0.15, 0.2) is 30.9 Å². The van der Waals surface area contributed by atoms with Gasteiger partial charge in [-0.25, -0.2) is 14.6 Å². The normalized spacial score (nSPS) is 15.7. The molecule has 7 nitrogen and oxygen atoms in total. The summed E-state index contributed by atoms with van der Waals surface area (Å²) in [5, 5.41) is 4.80. The Morgan fingerprint density at radius 3 is 2.92 bits per heavy atom. The van der Waals surface area contributed by atoms with Gasteiger partial charge in [-0.1, -0.05) is 13.3 Å². The number of hydrogen-bond acceptors (Lipinski definition) is 5. The molecular weight excluding hydrogens is 328 g/mol. The molecule has 0 spiro atoms. The summed E-state index contributed by atoms with van der Waals surface area (Å²) in [6, 6.07) is 4.22. The minimum absolute atomic E-state index is 0.823. The molecular formula is C19H26N6O. The number of unbranched alkanes of at least 4 members (excludes halogenated alkanes) is 1. The highest BCUT2D eigenvalue weighted by Crippen LogP contribution is 2.20. The van der Waals surface area contributed by atoms with Crippen molar-refractivity contribution < 1.29 is 4.74 Å². The van der Waals surface area contributed by atoms with E-state index in [1.165, 1.54) is 0 Å². The van der Waals surface area contributed by atoms with Crippen molar-refractivity contribution in [2.24, 2.45) is 0 Å². The number of rotatable bonds is 7. The fourth-order valence-electron chi connectivity index (χ4n) is 3.32. The molecule has 4 rings (SSSR count). The van der Waals surface area contributed by atoms with E-state index in [-0.39, 0.29) is 0 Å². The second-order valence-electron chi connectivity index (χ2n) is 6.77. The zero-order chi connectivity index (χ0) is 17.8. The minimum atomic E-state index is 0.823. The van der Waals surface area contributed by atoms with Crippen molar-refractivity contribution in [2.75, 3.05) is 32.8 Å². The van der Waals surface area contributed by atoms with Crippen LogP contribution in [0.3, 0.4) is 0 Å². The summed E-state index contributed by atoms with van der Waals surface area (Å²) in [7, 11) is 0. The maximum Gasteiger partial charge on any atom is 0.158 e. The van der Waals surface area contributed by atoms with E-state index in [4.69, 9.17) is 14.8 Å². The molecule has 3 aromatic rings. The van der Waals surface area contributed by atoms with Gasteiger partial charge in [-0.2, -0.15) is 5.10 Å². The van der Waals surface area contributed by atoms with Crippen LogP contribution in [0.4, 0.5) is 0 Å². The lowest BCUT2D eigenvalue weighted by molar-refractivity contribution is 0.0360. The molecule has 3 aromatic heterocycles. The summed E-state index contributed by atoms with van der Waals surface area (Å²) in [4.78, 5) is 11.5. The first-order chi connectivity index (χ1) is 12.8. The molecule has 0 N–H and O–H groups in total. The van der Waals surface area contributed by atoms with E-state index < -0.39 is 0 Å². The zero-order valence-electron chi connectivity index (χ0n) is 15.3. The molecule has 0 unspecified atom stereocenters. The minimum Gasteiger partial charge on any atom is -0.379 e. The monoisotopic (exact) mass is 354 g/mol. The van der Waals surface area contributed by atoms with Crippen LogP contribution in [0, 0.1) is 0 Å². The first-order valence-electron chi connectivity index (χ1n) is 9.49. The summed E-state index contributed by atoms with van der Waals surface area (Å²) >= 11 is 0. The zero-order valence-corrected chi connectivity index (χ0v) is 15.3. The van der Waals surface area contributed by atoms with E-state index in [0.29, 0.717) is 0 Å². The van der Waals surface area contributed by atoms with Crippen LogP contribution in [-0.2, 0) is 17.7 Å². The lowest BCUT2D eigenvalue weighted by Crippen LogP contribution is -2.38. The summed E-state index contributed by atoms with van der Waals surface area (Å²) in [6.07, 6.45) is 8.92. The van der Waals surface area contributed by atoms with Crippen molar-refractivity contribution in [1.29, 1.82) is 0 Å². The van der Waals surface area contributed by atoms with Gasteiger partial charge in [0.25, 0.3) is 0 Å². The van der Waals surface area contributed by atoms with Crippen LogP contribution < -0.4 is 0 Å². The lowest BCUT2D eigenvalue weighted by atomic mass is 10.2. The van der Waals surface area contributed by atoms with E-state index in [2.05, 4.69) is 33.6 Å². The number of morpholine rings is 1. The van der Waals surface area contributed by atoms with Gasteiger partial charge >= 0.3 is 0 Å². The van der Waals surface area contributed by atoms with Gasteiger partial charge in [0.05, 0.1) is 37.8 Å². The standard InChI is InChI=1S/C19H26N6O/c1-2-3-4-18-21-19(16-5-6-24-15-20-14-17(24)13-16)25(22-18)8-7-23-9-11-26-12-10-23/h5-6,13-15H,2-4,7-12H2,1H3. The molecule has 0 amide bonds. The smallest absolute Gasteiger partial charge is 0.158 e. The number of pyridine rings is 1. The van der Waals surface area contributed by atoms with Gasteiger partial charge in [-0.15, -0.1) is 0 Å². The number of fused-ring (bicyclic) bond motifs is 1. The maximum absolute atomic E-state index is 5.44. The van der Waals surface area contributed by atoms with Gasteiger partial charge in [-0.05, 0) is 18.6 Å². The van der Waals surface area contributed by atoms with E-state index in [1.54, 1.807) is 0 Å². The first-order valence-corrected chi connectivity index (χ1v) is 9.49. The molecule has 26 heavy (non-hydrogen) atoms. The third-order valence-electron chi connectivity index (χ3n) is 4.87. The quantitative estimate of drug-likeness (QED) is 0.651. The second-order valence-corrected chi connectivity index (χ2v) is 6.77. The highest BCUT2D eigenvalue weighted by atomic mass is 16.5. The fraction of sp³-hybridized carbons (Fsp3) is 0.526. The molecule has 1 saturated heterocycles. The predicted molar refractivity (Wildman–Crippen MR) is 100 cm³/mol. The number of aromatic nitrogens is 5. The molecule has 138 valence electrons. The molecule has 4 heterocycles. The predicted octanol–water partition coefficient (Wildman–Crippen LogP) is 2.27. The molecule has 0 radical (unpaired) electrons. The Balaban J connectivity index is 1.58. The Morgan fingerprint density at radius 2 is 2.08 bits per heavy atom. The number of hydrogen-bond donors (Lipinski definition) is 0. The Kier molecular flexibility index (Phi) is 5.26. The maximum atomic E-state index is 5.44. The molecule has 1 aliphatic heterocycles. The van der Waals surface area contributed by atoms with Crippen LogP contribution in [0.1, 0.15) is 25.6 Å². The Labute approximate surface area is 153 Å². The van der Waals surface area contributed by atoms with E-state index in [0.717, 1.165) is 81.4 Å². The topological polar surface area (TPSA) is 60.5 Å². The van der Waals surface area contributed by atoms with E-state index >= 15 is 0 Å². The van der Waals surface area contributed by atoms with Gasteiger partial charge < -0.3 is 9.14 Å². The fourth-order valence-corrected chi connectivity index (χ4v) is 3.32. The molecule has 1 fully saturated rings. The van der Waals surface area contributed by atoms with Gasteiger partial charge in [0.1, 0.15) is 0 Å². The SMILES string of the molecule is CCCCc1nc(-c2ccn3cncc3c2)n(CCN2CCOCC2)n1. The van der Waals surface area contributed by atoms with E-state index in [1.807, 2.05) is 23.1 Å². The summed E-state index contributed by atoms with van der Waals surface area (Å²) in [5.74, 6) is 1.89. The molecule has 0 aromatic carbocycles. The number of aryl methyl sites for hydroxylation is 1. The van der Waals surface area contributed by atoms with Gasteiger partial charge in [0.15, 0.2) is 11.6 Å². The third kappa shape index (κ3) is 3.78. The molecule has 0 saturated carbocycles. The van der Waals surface area contributed by atoms with Crippen molar-refractivity contribution in [3.8, 4) is 11.4 Å². The molecule has 0 atom stereocenters. The Hall–Kier alpha value is -2.25. The Morgan fingerprint density at radius 1 is 1.19 bits per heavy atom. The van der Waals surface area contributed by atoms with Crippen LogP contribution in [0.5, 0.6) is 0 Å². The third-order valence-corrected chi connectivity index (χ3v) is 4.87. The van der Waals surface area contributed by atoms with Gasteiger partial charge in [-0.3, -0.25) is 4.90 Å². The molecule has 7 heteroatoms. The van der Waals surface area contributed by atoms with Crippen LogP contribution in [-0.4, -0.2) is 61.9 Å². The van der Waals surface area contributed by atoms with Crippen LogP contribution >= 0.6 is 0 Å². The summed E-state index contributed by atoms with van der Waals surface area (Å²) in [6.45, 7) is 7.65. The van der Waals surface area contributed by atoms with Crippen LogP contribution in [0.2, 0.25) is 0 Å². The Bertz CT molecular complexity index is 849. The molecule has 1 aliphatic rings. The second kappa shape index (κ2) is 7.97. The number of imidazole rings is 1. The largest absolute Gasteiger partial charge is 0.379 e. The lowest BCUT2D eigenvalue weighted by Gasteiger charge is -2.26. The first kappa shape index (κ1) is 17.2. The number of nitrogens with zero attached hydrogens (tertiary/aromatic N) is 6. The number of ether oxygens (including phenoxy) is 1. The highest BCUT2D eigenvalue weighted by Gasteiger charge is 2.15. The highest BCUT2D eigenvalue weighted by molar-refractivity contribution is 5.63. The van der Waals surface area contributed by atoms with E-state index in [9.17, 15) is 0 Å². The van der Waals surface area contributed by atoms with Crippen molar-refractivity contribution >= 4 is 5.52 Å². The molecule has 0 aliphatic carbocycles. The van der Waals surface area contributed by atoms with Crippen molar-refractivity contribution in [2.45, 2.75) is 32.7 Å². The summed E-state index contributed by atoms with van der Waals surface area (Å²) in [5.41, 5.74) is 2.16. The summed E-state index contributed by atoms with van der Waals surface area (Å²) < 4.78 is 9.52.